The summed E-state index contributed by atoms with van der Waals surface area (Å²) in [5.74, 6) is 5.48. The topological polar surface area (TPSA) is 74.7 Å². The lowest BCUT2D eigenvalue weighted by molar-refractivity contribution is 0.298. The van der Waals surface area contributed by atoms with Gasteiger partial charge in [0.05, 0.1) is 18.4 Å². The molecule has 1 aromatic carbocycles. The Morgan fingerprint density at radius 1 is 1.36 bits per heavy atom. The maximum Gasteiger partial charge on any atom is 0.128 e. The molecule has 0 radical (unpaired) electrons. The van der Waals surface area contributed by atoms with Gasteiger partial charge in [-0.05, 0) is 18.2 Å². The fourth-order valence-electron chi connectivity index (χ4n) is 2.78. The number of benzene rings is 1. The molecule has 0 atom stereocenters. The predicted molar refractivity (Wildman–Crippen MR) is 92.8 cm³/mol. The van der Waals surface area contributed by atoms with Gasteiger partial charge in [0.25, 0.3) is 0 Å². The molecule has 9 heteroatoms. The lowest BCUT2D eigenvalue weighted by atomic mass is 10.2. The quantitative estimate of drug-likeness (QED) is 0.819. The van der Waals surface area contributed by atoms with Crippen LogP contribution in [0, 0.1) is 5.82 Å². The first-order valence-corrected chi connectivity index (χ1v) is 7.90. The zero-order valence-electron chi connectivity index (χ0n) is 13.3. The monoisotopic (exact) mass is 359 g/mol. The fraction of sp³-hybridized carbons (Fsp3) is 0.125. The first-order chi connectivity index (χ1) is 12.0. The van der Waals surface area contributed by atoms with Gasteiger partial charge in [-0.1, -0.05) is 11.6 Å². The van der Waals surface area contributed by atoms with Crippen LogP contribution in [0.15, 0.2) is 53.2 Å². The summed E-state index contributed by atoms with van der Waals surface area (Å²) in [5.41, 5.74) is 6.84. The Kier molecular flexibility index (Phi) is 3.70. The van der Waals surface area contributed by atoms with Crippen LogP contribution in [-0.2, 0) is 13.6 Å². The molecule has 2 aromatic rings. The number of aryl methyl sites for hydroxylation is 1. The Balaban J connectivity index is 1.70. The normalized spacial score (nSPS) is 16.2. The van der Waals surface area contributed by atoms with Gasteiger partial charge in [-0.2, -0.15) is 5.10 Å². The van der Waals surface area contributed by atoms with E-state index in [1.165, 1.54) is 23.5 Å². The van der Waals surface area contributed by atoms with E-state index in [9.17, 15) is 4.39 Å². The van der Waals surface area contributed by atoms with Crippen molar-refractivity contribution in [2.45, 2.75) is 6.54 Å². The molecule has 1 aromatic heterocycles. The fourth-order valence-corrected chi connectivity index (χ4v) is 2.97. The Bertz CT molecular complexity index is 930. The number of aromatic nitrogens is 2. The molecule has 7 nitrogen and oxygen atoms in total. The minimum Gasteiger partial charge on any atom is -0.295 e. The van der Waals surface area contributed by atoms with Gasteiger partial charge in [0.1, 0.15) is 23.5 Å². The second-order valence-corrected chi connectivity index (χ2v) is 6.20. The van der Waals surface area contributed by atoms with Crippen molar-refractivity contribution in [1.82, 2.24) is 25.2 Å². The summed E-state index contributed by atoms with van der Waals surface area (Å²) in [4.78, 5) is 4.40. The van der Waals surface area contributed by atoms with E-state index in [1.807, 2.05) is 13.2 Å². The van der Waals surface area contributed by atoms with Gasteiger partial charge in [-0.25, -0.2) is 15.2 Å². The van der Waals surface area contributed by atoms with Crippen LogP contribution >= 0.6 is 11.6 Å². The summed E-state index contributed by atoms with van der Waals surface area (Å²) in [6.07, 6.45) is 6.85. The number of nitrogens with zero attached hydrogens (tertiary/aromatic N) is 5. The summed E-state index contributed by atoms with van der Waals surface area (Å²) in [7, 11) is 1.84. The van der Waals surface area contributed by atoms with Gasteiger partial charge in [0, 0.05) is 35.6 Å². The van der Waals surface area contributed by atoms with E-state index in [0.29, 0.717) is 10.6 Å². The third-order valence-corrected chi connectivity index (χ3v) is 4.17. The molecule has 0 amide bonds. The summed E-state index contributed by atoms with van der Waals surface area (Å²) in [6.45, 7) is 0.259. The van der Waals surface area contributed by atoms with Crippen molar-refractivity contribution in [3.05, 3.63) is 70.2 Å². The molecule has 3 heterocycles. The average Bonchev–Trinajstić information content (AvgIpc) is 3.15. The van der Waals surface area contributed by atoms with Crippen molar-refractivity contribution >= 4 is 23.6 Å². The highest BCUT2D eigenvalue weighted by Crippen LogP contribution is 2.34. The first-order valence-electron chi connectivity index (χ1n) is 7.52. The third-order valence-electron chi connectivity index (χ3n) is 3.94. The largest absolute Gasteiger partial charge is 0.295 e. The van der Waals surface area contributed by atoms with Gasteiger partial charge >= 0.3 is 0 Å². The molecular formula is C16H15ClFN7. The van der Waals surface area contributed by atoms with Crippen molar-refractivity contribution in [3.8, 4) is 0 Å². The van der Waals surface area contributed by atoms with Crippen LogP contribution < -0.4 is 11.3 Å². The Hall–Kier alpha value is -2.84. The van der Waals surface area contributed by atoms with Gasteiger partial charge < -0.3 is 0 Å². The minimum absolute atomic E-state index is 0.259. The number of hydrogen-bond acceptors (Lipinski definition) is 6. The number of hydrazine groups is 2. The molecule has 0 aliphatic carbocycles. The molecule has 128 valence electrons. The van der Waals surface area contributed by atoms with Gasteiger partial charge in [0.2, 0.25) is 0 Å². The van der Waals surface area contributed by atoms with Crippen molar-refractivity contribution < 1.29 is 4.39 Å². The number of rotatable bonds is 3. The molecule has 2 aliphatic rings. The maximum absolute atomic E-state index is 14.1. The van der Waals surface area contributed by atoms with Gasteiger partial charge in [0.15, 0.2) is 0 Å². The summed E-state index contributed by atoms with van der Waals surface area (Å²) >= 11 is 6.00. The van der Waals surface area contributed by atoms with Crippen LogP contribution in [0.4, 0.5) is 4.39 Å². The lowest BCUT2D eigenvalue weighted by Gasteiger charge is -2.24. The Morgan fingerprint density at radius 2 is 2.20 bits per heavy atom. The zero-order chi connectivity index (χ0) is 17.6. The maximum atomic E-state index is 14.1. The lowest BCUT2D eigenvalue weighted by Crippen LogP contribution is -2.33. The molecule has 0 unspecified atom stereocenters. The molecule has 0 bridgehead atoms. The van der Waals surface area contributed by atoms with Crippen molar-refractivity contribution in [1.29, 1.82) is 0 Å². The number of hydrogen-bond donors (Lipinski definition) is 2. The number of halogens is 2. The zero-order valence-corrected chi connectivity index (χ0v) is 14.1. The summed E-state index contributed by atoms with van der Waals surface area (Å²) < 4.78 is 15.8. The van der Waals surface area contributed by atoms with Crippen molar-refractivity contribution in [2.75, 3.05) is 0 Å². The van der Waals surface area contributed by atoms with Crippen LogP contribution in [0.1, 0.15) is 11.1 Å². The molecular weight excluding hydrogens is 345 g/mol. The molecule has 0 saturated carbocycles. The van der Waals surface area contributed by atoms with Gasteiger partial charge in [-0.3, -0.25) is 20.1 Å². The second-order valence-electron chi connectivity index (χ2n) is 5.77. The van der Waals surface area contributed by atoms with Gasteiger partial charge in [-0.15, -0.1) is 0 Å². The van der Waals surface area contributed by atoms with Crippen molar-refractivity contribution in [3.63, 3.8) is 0 Å². The van der Waals surface area contributed by atoms with Crippen LogP contribution in [0.2, 0.25) is 5.02 Å². The van der Waals surface area contributed by atoms with E-state index < -0.39 is 0 Å². The average molecular weight is 360 g/mol. The Morgan fingerprint density at radius 3 is 2.96 bits per heavy atom. The van der Waals surface area contributed by atoms with E-state index in [4.69, 9.17) is 17.4 Å². The molecule has 0 spiro atoms. The molecule has 4 rings (SSSR count). The molecule has 0 saturated heterocycles. The third kappa shape index (κ3) is 2.86. The van der Waals surface area contributed by atoms with E-state index in [1.54, 1.807) is 28.2 Å². The smallest absolute Gasteiger partial charge is 0.128 e. The highest BCUT2D eigenvalue weighted by molar-refractivity contribution is 6.30. The Labute approximate surface area is 148 Å². The van der Waals surface area contributed by atoms with E-state index >= 15 is 0 Å². The van der Waals surface area contributed by atoms with Crippen LogP contribution in [0.3, 0.4) is 0 Å². The van der Waals surface area contributed by atoms with Crippen LogP contribution in [0.5, 0.6) is 0 Å². The number of nitrogens with one attached hydrogen (secondary N) is 1. The highest BCUT2D eigenvalue weighted by atomic mass is 35.5. The summed E-state index contributed by atoms with van der Waals surface area (Å²) in [5, 5.41) is 7.80. The molecule has 3 N–H and O–H groups in total. The van der Waals surface area contributed by atoms with E-state index in [-0.39, 0.29) is 12.4 Å². The first kappa shape index (κ1) is 15.7. The highest BCUT2D eigenvalue weighted by Gasteiger charge is 2.30. The van der Waals surface area contributed by atoms with Crippen LogP contribution in [-0.4, -0.2) is 26.1 Å². The van der Waals surface area contributed by atoms with E-state index in [0.717, 1.165) is 22.7 Å². The minimum atomic E-state index is -0.327. The molecule has 2 aliphatic heterocycles. The van der Waals surface area contributed by atoms with Crippen molar-refractivity contribution in [2.24, 2.45) is 17.9 Å². The number of fused-ring (bicyclic) bond motifs is 1. The van der Waals surface area contributed by atoms with Crippen LogP contribution in [0.25, 0.3) is 5.70 Å². The molecule has 0 fully saturated rings. The SMILES string of the molecule is Cn1cc(C2=C3N=CN(N)C=C3N(Cc3cc(Cl)ccc3F)N2)cn1. The number of aliphatic imine (C=N–C) groups is 1. The number of nitrogens with two attached hydrogens (primary N) is 1. The molecule has 25 heavy (non-hydrogen) atoms. The summed E-state index contributed by atoms with van der Waals surface area (Å²) in [6, 6.07) is 4.48. The predicted octanol–water partition coefficient (Wildman–Crippen LogP) is 1.96. The standard InChI is InChI=1S/C16H15ClFN7/c1-23-6-11(5-21-23)15-16-14(8-24(19)9-20-16)25(22-15)7-10-4-12(17)2-3-13(10)18/h2-6,8-9,22H,7,19H2,1H3. The van der Waals surface area contributed by atoms with E-state index in [2.05, 4.69) is 15.5 Å². The second kappa shape index (κ2) is 5.91.